The van der Waals surface area contributed by atoms with Gasteiger partial charge in [-0.25, -0.2) is 0 Å². The third-order valence-corrected chi connectivity index (χ3v) is 5.33. The van der Waals surface area contributed by atoms with Gasteiger partial charge in [0.05, 0.1) is 12.0 Å². The van der Waals surface area contributed by atoms with Gasteiger partial charge in [0.1, 0.15) is 0 Å². The molecule has 29 heavy (non-hydrogen) atoms. The molecule has 0 aromatic heterocycles. The molecular formula is C22H28ClN3O3. The van der Waals surface area contributed by atoms with Crippen molar-refractivity contribution in [2.24, 2.45) is 5.41 Å². The molecule has 1 saturated heterocycles. The van der Waals surface area contributed by atoms with E-state index in [1.165, 1.54) is 0 Å². The Labute approximate surface area is 177 Å². The Kier molecular flexibility index (Phi) is 8.20. The van der Waals surface area contributed by atoms with Crippen LogP contribution < -0.4 is 16.0 Å². The first kappa shape index (κ1) is 22.9. The summed E-state index contributed by atoms with van der Waals surface area (Å²) in [7, 11) is 1.63. The van der Waals surface area contributed by atoms with Crippen molar-refractivity contribution in [3.8, 4) is 0 Å². The molecule has 7 heteroatoms. The monoisotopic (exact) mass is 417 g/mol. The molecule has 0 spiro atoms. The third-order valence-electron chi connectivity index (χ3n) is 5.33. The Morgan fingerprint density at radius 1 is 1.00 bits per heavy atom. The number of anilines is 2. The summed E-state index contributed by atoms with van der Waals surface area (Å²) in [6.07, 6.45) is 1.46. The fourth-order valence-electron chi connectivity index (χ4n) is 3.56. The molecule has 1 aliphatic rings. The van der Waals surface area contributed by atoms with Crippen molar-refractivity contribution in [3.63, 3.8) is 0 Å². The largest absolute Gasteiger partial charge is 0.384 e. The van der Waals surface area contributed by atoms with Crippen molar-refractivity contribution in [1.29, 1.82) is 0 Å². The van der Waals surface area contributed by atoms with E-state index in [0.717, 1.165) is 31.5 Å². The van der Waals surface area contributed by atoms with Crippen LogP contribution in [0.3, 0.4) is 0 Å². The number of rotatable bonds is 6. The fraction of sp³-hybridized carbons (Fsp3) is 0.364. The number of halogens is 1. The molecule has 3 N–H and O–H groups in total. The predicted octanol–water partition coefficient (Wildman–Crippen LogP) is 3.62. The van der Waals surface area contributed by atoms with E-state index in [1.807, 2.05) is 43.3 Å². The van der Waals surface area contributed by atoms with Crippen LogP contribution in [-0.2, 0) is 9.53 Å². The van der Waals surface area contributed by atoms with Gasteiger partial charge in [0.15, 0.2) is 0 Å². The maximum absolute atomic E-state index is 13.1. The molecule has 0 aliphatic carbocycles. The Hall–Kier alpha value is -2.41. The third kappa shape index (κ3) is 5.35. The summed E-state index contributed by atoms with van der Waals surface area (Å²) in [6.45, 7) is 3.87. The van der Waals surface area contributed by atoms with Crippen LogP contribution in [0, 0.1) is 12.3 Å². The number of ether oxygens (including phenoxy) is 1. The van der Waals surface area contributed by atoms with Crippen LogP contribution in [0.15, 0.2) is 48.5 Å². The highest BCUT2D eigenvalue weighted by Gasteiger charge is 2.39. The number of methoxy groups -OCH3 is 1. The smallest absolute Gasteiger partial charge is 0.255 e. The molecular weight excluding hydrogens is 390 g/mol. The van der Waals surface area contributed by atoms with Gasteiger partial charge in [-0.05, 0) is 62.7 Å². The average Bonchev–Trinajstić information content (AvgIpc) is 2.72. The number of nitrogens with one attached hydrogen (secondary N) is 3. The van der Waals surface area contributed by atoms with Crippen LogP contribution in [-0.4, -0.2) is 38.6 Å². The number of carbonyl (C=O) groups is 2. The summed E-state index contributed by atoms with van der Waals surface area (Å²) in [5, 5.41) is 9.28. The number of amides is 2. The lowest BCUT2D eigenvalue weighted by atomic mass is 9.78. The van der Waals surface area contributed by atoms with E-state index in [2.05, 4.69) is 16.0 Å². The van der Waals surface area contributed by atoms with E-state index in [9.17, 15) is 9.59 Å². The topological polar surface area (TPSA) is 79.5 Å². The molecule has 0 radical (unpaired) electrons. The number of carbonyl (C=O) groups excluding carboxylic acids is 2. The van der Waals surface area contributed by atoms with Crippen molar-refractivity contribution in [1.82, 2.24) is 5.32 Å². The summed E-state index contributed by atoms with van der Waals surface area (Å²) >= 11 is 0. The molecule has 2 aromatic rings. The Balaban J connectivity index is 0.00000300. The first-order chi connectivity index (χ1) is 13.6. The zero-order valence-corrected chi connectivity index (χ0v) is 17.6. The van der Waals surface area contributed by atoms with Gasteiger partial charge in [-0.2, -0.15) is 0 Å². The summed E-state index contributed by atoms with van der Waals surface area (Å²) in [5.74, 6) is -0.216. The Morgan fingerprint density at radius 2 is 1.62 bits per heavy atom. The van der Waals surface area contributed by atoms with Gasteiger partial charge >= 0.3 is 0 Å². The van der Waals surface area contributed by atoms with Gasteiger partial charge < -0.3 is 20.7 Å². The van der Waals surface area contributed by atoms with Crippen molar-refractivity contribution < 1.29 is 14.3 Å². The minimum atomic E-state index is -0.532. The second-order valence-corrected chi connectivity index (χ2v) is 7.22. The molecule has 0 saturated carbocycles. The van der Waals surface area contributed by atoms with E-state index < -0.39 is 5.41 Å². The first-order valence-corrected chi connectivity index (χ1v) is 9.53. The molecule has 1 fully saturated rings. The average molecular weight is 418 g/mol. The fourth-order valence-corrected chi connectivity index (χ4v) is 3.56. The van der Waals surface area contributed by atoms with E-state index >= 15 is 0 Å². The lowest BCUT2D eigenvalue weighted by Crippen LogP contribution is -2.47. The highest BCUT2D eigenvalue weighted by Crippen LogP contribution is 2.32. The molecule has 2 amide bonds. The normalized spacial score (nSPS) is 15.1. The van der Waals surface area contributed by atoms with Crippen LogP contribution in [0.25, 0.3) is 0 Å². The lowest BCUT2D eigenvalue weighted by molar-refractivity contribution is -0.130. The van der Waals surface area contributed by atoms with E-state index in [-0.39, 0.29) is 24.2 Å². The molecule has 3 rings (SSSR count). The molecule has 1 aliphatic heterocycles. The first-order valence-electron chi connectivity index (χ1n) is 9.53. The van der Waals surface area contributed by atoms with Crippen LogP contribution >= 0.6 is 12.4 Å². The minimum absolute atomic E-state index is 0. The molecule has 6 nitrogen and oxygen atoms in total. The zero-order chi connectivity index (χ0) is 20.0. The van der Waals surface area contributed by atoms with Crippen molar-refractivity contribution in [2.45, 2.75) is 19.8 Å². The van der Waals surface area contributed by atoms with E-state index in [4.69, 9.17) is 4.74 Å². The molecule has 0 unspecified atom stereocenters. The zero-order valence-electron chi connectivity index (χ0n) is 16.8. The Bertz CT molecular complexity index is 831. The predicted molar refractivity (Wildman–Crippen MR) is 118 cm³/mol. The highest BCUT2D eigenvalue weighted by molar-refractivity contribution is 6.05. The standard InChI is InChI=1S/C22H27N3O3.ClH/c1-16-18(24-20(26)17-7-4-3-5-8-17)9-6-10-19(16)25-21(27)22(15-28-2)11-13-23-14-12-22;/h3-10,23H,11-15H2,1-2H3,(H,24,26)(H,25,27);1H. The number of hydrogen-bond donors (Lipinski definition) is 3. The highest BCUT2D eigenvalue weighted by atomic mass is 35.5. The van der Waals surface area contributed by atoms with E-state index in [0.29, 0.717) is 23.5 Å². The van der Waals surface area contributed by atoms with Gasteiger partial charge in [0.2, 0.25) is 5.91 Å². The van der Waals surface area contributed by atoms with Crippen LogP contribution in [0.4, 0.5) is 11.4 Å². The number of benzene rings is 2. The van der Waals surface area contributed by atoms with Crippen LogP contribution in [0.1, 0.15) is 28.8 Å². The molecule has 156 valence electrons. The maximum Gasteiger partial charge on any atom is 0.255 e. The second kappa shape index (κ2) is 10.4. The van der Waals surface area contributed by atoms with Gasteiger partial charge in [0, 0.05) is 24.0 Å². The van der Waals surface area contributed by atoms with Gasteiger partial charge in [-0.3, -0.25) is 9.59 Å². The van der Waals surface area contributed by atoms with Gasteiger partial charge in [-0.15, -0.1) is 12.4 Å². The SMILES string of the molecule is COCC1(C(=O)Nc2cccc(NC(=O)c3ccccc3)c2C)CCNCC1.Cl. The second-order valence-electron chi connectivity index (χ2n) is 7.22. The number of hydrogen-bond acceptors (Lipinski definition) is 4. The Morgan fingerprint density at radius 3 is 2.24 bits per heavy atom. The summed E-state index contributed by atoms with van der Waals surface area (Å²) in [5.41, 5.74) is 2.25. The quantitative estimate of drug-likeness (QED) is 0.670. The summed E-state index contributed by atoms with van der Waals surface area (Å²) in [6, 6.07) is 14.6. The minimum Gasteiger partial charge on any atom is -0.384 e. The van der Waals surface area contributed by atoms with Crippen LogP contribution in [0.5, 0.6) is 0 Å². The molecule has 0 bridgehead atoms. The van der Waals surface area contributed by atoms with E-state index in [1.54, 1.807) is 19.2 Å². The van der Waals surface area contributed by atoms with Crippen LogP contribution in [0.2, 0.25) is 0 Å². The van der Waals surface area contributed by atoms with Gasteiger partial charge in [0.25, 0.3) is 5.91 Å². The van der Waals surface area contributed by atoms with Gasteiger partial charge in [-0.1, -0.05) is 24.3 Å². The number of piperidine rings is 1. The summed E-state index contributed by atoms with van der Waals surface area (Å²) in [4.78, 5) is 25.5. The van der Waals surface area contributed by atoms with Crippen molar-refractivity contribution in [3.05, 3.63) is 59.7 Å². The molecule has 2 aromatic carbocycles. The van der Waals surface area contributed by atoms with Crippen molar-refractivity contribution >= 4 is 35.6 Å². The lowest BCUT2D eigenvalue weighted by Gasteiger charge is -2.35. The molecule has 0 atom stereocenters. The van der Waals surface area contributed by atoms with Crippen molar-refractivity contribution in [2.75, 3.05) is 37.4 Å². The summed E-state index contributed by atoms with van der Waals surface area (Å²) < 4.78 is 5.35. The maximum atomic E-state index is 13.1. The molecule has 1 heterocycles.